The quantitative estimate of drug-likeness (QED) is 0.848. The van der Waals surface area contributed by atoms with E-state index in [1.807, 2.05) is 20.8 Å². The maximum atomic E-state index is 12.0. The topological polar surface area (TPSA) is 67.3 Å². The van der Waals surface area contributed by atoms with Gasteiger partial charge in [-0.2, -0.15) is 0 Å². The van der Waals surface area contributed by atoms with Crippen LogP contribution in [0.4, 0.5) is 10.6 Å². The predicted octanol–water partition coefficient (Wildman–Crippen LogP) is 3.58. The van der Waals surface area contributed by atoms with Crippen LogP contribution < -0.4 is 5.32 Å². The van der Waals surface area contributed by atoms with E-state index >= 15 is 0 Å². The van der Waals surface area contributed by atoms with Gasteiger partial charge in [0.25, 0.3) is 0 Å². The van der Waals surface area contributed by atoms with Crippen LogP contribution in [-0.4, -0.2) is 46.2 Å². The molecule has 1 amide bonds. The van der Waals surface area contributed by atoms with Gasteiger partial charge in [0.2, 0.25) is 5.28 Å². The van der Waals surface area contributed by atoms with Crippen LogP contribution in [0.2, 0.25) is 5.28 Å². The number of hydrogen-bond acceptors (Lipinski definition) is 5. The van der Waals surface area contributed by atoms with E-state index in [0.29, 0.717) is 5.92 Å². The molecule has 0 aliphatic carbocycles. The lowest BCUT2D eigenvalue weighted by Crippen LogP contribution is -2.41. The van der Waals surface area contributed by atoms with Gasteiger partial charge in [-0.15, -0.1) is 0 Å². The summed E-state index contributed by atoms with van der Waals surface area (Å²) in [5.41, 5.74) is -0.434. The second-order valence-corrected chi connectivity index (χ2v) is 7.18. The van der Waals surface area contributed by atoms with Crippen molar-refractivity contribution in [2.75, 3.05) is 25.0 Å². The number of likely N-dealkylation sites (tertiary alicyclic amines) is 1. The summed E-state index contributed by atoms with van der Waals surface area (Å²) in [6, 6.07) is 1.80. The number of halogens is 1. The van der Waals surface area contributed by atoms with E-state index in [2.05, 4.69) is 15.3 Å². The highest BCUT2D eigenvalue weighted by Crippen LogP contribution is 2.22. The minimum atomic E-state index is -0.434. The first kappa shape index (κ1) is 17.8. The molecule has 7 heteroatoms. The molecule has 1 aliphatic rings. The zero-order valence-corrected chi connectivity index (χ0v) is 14.8. The van der Waals surface area contributed by atoms with Gasteiger partial charge in [-0.25, -0.2) is 14.8 Å². The summed E-state index contributed by atoms with van der Waals surface area (Å²) in [5, 5.41) is 3.51. The third kappa shape index (κ3) is 6.22. The van der Waals surface area contributed by atoms with Gasteiger partial charge in [-0.05, 0) is 63.6 Å². The van der Waals surface area contributed by atoms with Crippen molar-refractivity contribution in [1.82, 2.24) is 14.9 Å². The standard InChI is InChI=1S/C16H25ClN4O2/c1-16(2,3)23-15(22)21-10-6-12(7-11-21)4-8-18-13-5-9-19-14(17)20-13/h5,9,12H,4,6-8,10-11H2,1-3H3,(H,18,19,20). The van der Waals surface area contributed by atoms with Crippen molar-refractivity contribution >= 4 is 23.5 Å². The van der Waals surface area contributed by atoms with Gasteiger partial charge in [0.15, 0.2) is 0 Å². The summed E-state index contributed by atoms with van der Waals surface area (Å²) >= 11 is 5.75. The number of nitrogens with one attached hydrogen (secondary N) is 1. The van der Waals surface area contributed by atoms with Gasteiger partial charge in [0, 0.05) is 25.8 Å². The first-order valence-corrected chi connectivity index (χ1v) is 8.41. The molecule has 23 heavy (non-hydrogen) atoms. The lowest BCUT2D eigenvalue weighted by molar-refractivity contribution is 0.0182. The van der Waals surface area contributed by atoms with Crippen molar-refractivity contribution in [1.29, 1.82) is 0 Å². The summed E-state index contributed by atoms with van der Waals surface area (Å²) < 4.78 is 5.41. The van der Waals surface area contributed by atoms with Crippen molar-refractivity contribution in [2.24, 2.45) is 5.92 Å². The maximum absolute atomic E-state index is 12.0. The van der Waals surface area contributed by atoms with Crippen LogP contribution >= 0.6 is 11.6 Å². The summed E-state index contributed by atoms with van der Waals surface area (Å²) in [4.78, 5) is 21.8. The van der Waals surface area contributed by atoms with Crippen molar-refractivity contribution < 1.29 is 9.53 Å². The first-order chi connectivity index (χ1) is 10.8. The van der Waals surface area contributed by atoms with Gasteiger partial charge >= 0.3 is 6.09 Å². The Morgan fingerprint density at radius 2 is 2.13 bits per heavy atom. The lowest BCUT2D eigenvalue weighted by Gasteiger charge is -2.33. The molecule has 0 saturated carbocycles. The Labute approximate surface area is 142 Å². The summed E-state index contributed by atoms with van der Waals surface area (Å²) in [7, 11) is 0. The van der Waals surface area contributed by atoms with E-state index in [-0.39, 0.29) is 11.4 Å². The Balaban J connectivity index is 1.68. The van der Waals surface area contributed by atoms with Crippen LogP contribution in [-0.2, 0) is 4.74 Å². The normalized spacial score (nSPS) is 16.3. The second-order valence-electron chi connectivity index (χ2n) is 6.84. The highest BCUT2D eigenvalue weighted by molar-refractivity contribution is 6.28. The molecule has 1 fully saturated rings. The Kier molecular flexibility index (Phi) is 6.04. The van der Waals surface area contributed by atoms with Gasteiger partial charge in [0.1, 0.15) is 11.4 Å². The number of aromatic nitrogens is 2. The summed E-state index contributed by atoms with van der Waals surface area (Å²) in [5.74, 6) is 1.36. The molecule has 2 heterocycles. The number of ether oxygens (including phenoxy) is 1. The molecule has 1 aromatic rings. The molecule has 1 aliphatic heterocycles. The van der Waals surface area contributed by atoms with E-state index < -0.39 is 5.60 Å². The van der Waals surface area contributed by atoms with Crippen LogP contribution in [0.3, 0.4) is 0 Å². The van der Waals surface area contributed by atoms with E-state index in [4.69, 9.17) is 16.3 Å². The van der Waals surface area contributed by atoms with E-state index in [1.165, 1.54) is 0 Å². The predicted molar refractivity (Wildman–Crippen MR) is 90.7 cm³/mol. The van der Waals surface area contributed by atoms with Gasteiger partial charge in [0.05, 0.1) is 0 Å². The van der Waals surface area contributed by atoms with Crippen LogP contribution in [0.15, 0.2) is 12.3 Å². The molecular formula is C16H25ClN4O2. The minimum Gasteiger partial charge on any atom is -0.444 e. The second kappa shape index (κ2) is 7.81. The monoisotopic (exact) mass is 340 g/mol. The van der Waals surface area contributed by atoms with Crippen LogP contribution in [0, 0.1) is 5.92 Å². The Bertz CT molecular complexity index is 525. The molecule has 1 saturated heterocycles. The fraction of sp³-hybridized carbons (Fsp3) is 0.688. The molecule has 2 rings (SSSR count). The number of nitrogens with zero attached hydrogens (tertiary/aromatic N) is 3. The molecule has 0 unspecified atom stereocenters. The first-order valence-electron chi connectivity index (χ1n) is 8.04. The number of carbonyl (C=O) groups is 1. The third-order valence-corrected chi connectivity index (χ3v) is 3.93. The van der Waals surface area contributed by atoms with Crippen LogP contribution in [0.5, 0.6) is 0 Å². The maximum Gasteiger partial charge on any atom is 0.410 e. The van der Waals surface area contributed by atoms with Gasteiger partial charge < -0.3 is 15.0 Å². The average molecular weight is 341 g/mol. The number of anilines is 1. The Morgan fingerprint density at radius 1 is 1.43 bits per heavy atom. The largest absolute Gasteiger partial charge is 0.444 e. The number of piperidine rings is 1. The van der Waals surface area contributed by atoms with Gasteiger partial charge in [-0.1, -0.05) is 0 Å². The van der Waals surface area contributed by atoms with Crippen molar-refractivity contribution in [3.63, 3.8) is 0 Å². The molecule has 0 radical (unpaired) electrons. The van der Waals surface area contributed by atoms with Crippen LogP contribution in [0.1, 0.15) is 40.0 Å². The average Bonchev–Trinajstić information content (AvgIpc) is 2.46. The number of hydrogen-bond donors (Lipinski definition) is 1. The zero-order chi connectivity index (χ0) is 16.9. The molecule has 0 aromatic carbocycles. The van der Waals surface area contributed by atoms with Crippen molar-refractivity contribution in [2.45, 2.75) is 45.6 Å². The van der Waals surface area contributed by atoms with E-state index in [1.54, 1.807) is 17.2 Å². The molecule has 1 N–H and O–H groups in total. The number of rotatable bonds is 4. The van der Waals surface area contributed by atoms with Crippen molar-refractivity contribution in [3.8, 4) is 0 Å². The molecular weight excluding hydrogens is 316 g/mol. The molecule has 0 atom stereocenters. The van der Waals surface area contributed by atoms with Crippen molar-refractivity contribution in [3.05, 3.63) is 17.5 Å². The Hall–Kier alpha value is -1.56. The number of carbonyl (C=O) groups excluding carboxylic acids is 1. The fourth-order valence-electron chi connectivity index (χ4n) is 2.57. The number of amides is 1. The Morgan fingerprint density at radius 3 is 2.74 bits per heavy atom. The van der Waals surface area contributed by atoms with E-state index in [0.717, 1.165) is 44.7 Å². The molecule has 0 spiro atoms. The van der Waals surface area contributed by atoms with E-state index in [9.17, 15) is 4.79 Å². The smallest absolute Gasteiger partial charge is 0.410 e. The summed E-state index contributed by atoms with van der Waals surface area (Å²) in [6.07, 6.45) is 4.49. The van der Waals surface area contributed by atoms with Gasteiger partial charge in [-0.3, -0.25) is 0 Å². The van der Waals surface area contributed by atoms with Crippen LogP contribution in [0.25, 0.3) is 0 Å². The summed E-state index contributed by atoms with van der Waals surface area (Å²) in [6.45, 7) is 8.04. The molecule has 6 nitrogen and oxygen atoms in total. The fourth-order valence-corrected chi connectivity index (χ4v) is 2.72. The molecule has 0 bridgehead atoms. The highest BCUT2D eigenvalue weighted by atomic mass is 35.5. The molecule has 1 aromatic heterocycles. The minimum absolute atomic E-state index is 0.204. The molecule has 128 valence electrons. The lowest BCUT2D eigenvalue weighted by atomic mass is 9.94. The third-order valence-electron chi connectivity index (χ3n) is 3.75. The SMILES string of the molecule is CC(C)(C)OC(=O)N1CCC(CCNc2ccnc(Cl)n2)CC1. The highest BCUT2D eigenvalue weighted by Gasteiger charge is 2.26. The zero-order valence-electron chi connectivity index (χ0n) is 14.0.